The van der Waals surface area contributed by atoms with Gasteiger partial charge in [-0.25, -0.2) is 4.79 Å². The Hall–Kier alpha value is -2.53. The number of hydrogen-bond acceptors (Lipinski definition) is 3. The lowest BCUT2D eigenvalue weighted by atomic mass is 10.1. The molecule has 0 fully saturated rings. The number of amides is 1. The summed E-state index contributed by atoms with van der Waals surface area (Å²) >= 11 is 5.79. The molecule has 24 heavy (non-hydrogen) atoms. The number of halogens is 1. The summed E-state index contributed by atoms with van der Waals surface area (Å²) < 4.78 is 5.26. The van der Waals surface area contributed by atoms with E-state index in [2.05, 4.69) is 5.32 Å². The molecule has 5 nitrogen and oxygen atoms in total. The van der Waals surface area contributed by atoms with E-state index in [1.54, 1.807) is 36.4 Å². The van der Waals surface area contributed by atoms with Crippen LogP contribution in [0.4, 0.5) is 0 Å². The topological polar surface area (TPSA) is 75.6 Å². The number of nitrogens with one attached hydrogen (secondary N) is 1. The number of benzene rings is 2. The Morgan fingerprint density at radius 3 is 2.33 bits per heavy atom. The lowest BCUT2D eigenvalue weighted by Crippen LogP contribution is -2.25. The zero-order chi connectivity index (χ0) is 17.5. The lowest BCUT2D eigenvalue weighted by Gasteiger charge is -2.11. The van der Waals surface area contributed by atoms with Crippen LogP contribution in [0.2, 0.25) is 5.02 Å². The first kappa shape index (κ1) is 17.8. The van der Waals surface area contributed by atoms with Gasteiger partial charge < -0.3 is 15.2 Å². The third-order valence-electron chi connectivity index (χ3n) is 3.39. The third-order valence-corrected chi connectivity index (χ3v) is 3.64. The number of aliphatic carboxylic acids is 1. The number of carbonyl (C=O) groups is 2. The summed E-state index contributed by atoms with van der Waals surface area (Å²) in [6.07, 6.45) is -0.233. The molecule has 0 saturated carbocycles. The molecular weight excluding hydrogens is 330 g/mol. The van der Waals surface area contributed by atoms with Crippen LogP contribution in [-0.4, -0.2) is 29.6 Å². The van der Waals surface area contributed by atoms with Crippen LogP contribution in [0.25, 0.3) is 0 Å². The Labute approximate surface area is 145 Å². The van der Waals surface area contributed by atoms with Gasteiger partial charge in [0.2, 0.25) is 0 Å². The maximum absolute atomic E-state index is 12.0. The highest BCUT2D eigenvalue weighted by molar-refractivity contribution is 6.30. The molecule has 0 spiro atoms. The van der Waals surface area contributed by atoms with E-state index >= 15 is 0 Å². The number of carboxylic acids is 1. The van der Waals surface area contributed by atoms with E-state index in [4.69, 9.17) is 21.4 Å². The predicted octanol–water partition coefficient (Wildman–Crippen LogP) is 3.16. The van der Waals surface area contributed by atoms with Crippen molar-refractivity contribution in [2.24, 2.45) is 0 Å². The number of carbonyl (C=O) groups excluding carboxylic acids is 1. The van der Waals surface area contributed by atoms with Gasteiger partial charge in [0, 0.05) is 17.1 Å². The van der Waals surface area contributed by atoms with E-state index in [1.807, 2.05) is 12.1 Å². The van der Waals surface area contributed by atoms with Crippen molar-refractivity contribution in [3.8, 4) is 5.75 Å². The molecule has 0 aliphatic carbocycles. The van der Waals surface area contributed by atoms with Crippen LogP contribution in [0.3, 0.4) is 0 Å². The molecule has 2 rings (SSSR count). The van der Waals surface area contributed by atoms with Gasteiger partial charge in [-0.1, -0.05) is 23.7 Å². The fourth-order valence-corrected chi connectivity index (χ4v) is 2.14. The van der Waals surface area contributed by atoms with Crippen LogP contribution in [0.5, 0.6) is 5.75 Å². The van der Waals surface area contributed by atoms with Crippen LogP contribution in [0.15, 0.2) is 48.5 Å². The normalized spacial score (nSPS) is 11.6. The summed E-state index contributed by atoms with van der Waals surface area (Å²) in [5.41, 5.74) is 1.58. The highest BCUT2D eigenvalue weighted by atomic mass is 35.5. The molecule has 2 N–H and O–H groups in total. The molecule has 0 bridgehead atoms. The van der Waals surface area contributed by atoms with Gasteiger partial charge in [-0.15, -0.1) is 0 Å². The monoisotopic (exact) mass is 347 g/mol. The zero-order valence-electron chi connectivity index (χ0n) is 13.2. The van der Waals surface area contributed by atoms with Crippen LogP contribution in [0, 0.1) is 0 Å². The Balaban J connectivity index is 1.81. The maximum atomic E-state index is 12.0. The molecule has 6 heteroatoms. The summed E-state index contributed by atoms with van der Waals surface area (Å²) in [5, 5.41) is 12.2. The van der Waals surface area contributed by atoms with E-state index in [0.717, 1.165) is 5.56 Å². The van der Waals surface area contributed by atoms with Crippen molar-refractivity contribution in [1.29, 1.82) is 0 Å². The standard InChI is InChI=1S/C18H18ClNO4/c1-12(18(22)23)24-16-8-2-13(3-9-16)10-11-20-17(21)14-4-6-15(19)7-5-14/h2-9,12H,10-11H2,1H3,(H,20,21)(H,22,23). The van der Waals surface area contributed by atoms with Crippen molar-refractivity contribution >= 4 is 23.5 Å². The maximum Gasteiger partial charge on any atom is 0.344 e. The highest BCUT2D eigenvalue weighted by Gasteiger charge is 2.12. The summed E-state index contributed by atoms with van der Waals surface area (Å²) in [7, 11) is 0. The Bertz CT molecular complexity index is 698. The SMILES string of the molecule is CC(Oc1ccc(CCNC(=O)c2ccc(Cl)cc2)cc1)C(=O)O. The van der Waals surface area contributed by atoms with E-state index < -0.39 is 12.1 Å². The fraction of sp³-hybridized carbons (Fsp3) is 0.222. The van der Waals surface area contributed by atoms with Crippen molar-refractivity contribution in [3.05, 3.63) is 64.7 Å². The molecule has 126 valence electrons. The number of rotatable bonds is 7. The van der Waals surface area contributed by atoms with Crippen molar-refractivity contribution in [2.75, 3.05) is 6.54 Å². The second-order valence-electron chi connectivity index (χ2n) is 5.26. The van der Waals surface area contributed by atoms with Gasteiger partial charge in [-0.2, -0.15) is 0 Å². The predicted molar refractivity (Wildman–Crippen MR) is 91.7 cm³/mol. The van der Waals surface area contributed by atoms with Gasteiger partial charge in [0.1, 0.15) is 5.75 Å². The van der Waals surface area contributed by atoms with Crippen LogP contribution >= 0.6 is 11.6 Å². The molecule has 0 heterocycles. The average molecular weight is 348 g/mol. The van der Waals surface area contributed by atoms with Crippen molar-refractivity contribution in [1.82, 2.24) is 5.32 Å². The molecule has 2 aromatic carbocycles. The van der Waals surface area contributed by atoms with Crippen LogP contribution < -0.4 is 10.1 Å². The first-order valence-electron chi connectivity index (χ1n) is 7.48. The van der Waals surface area contributed by atoms with Crippen LogP contribution in [0.1, 0.15) is 22.8 Å². The van der Waals surface area contributed by atoms with E-state index in [0.29, 0.717) is 29.3 Å². The molecule has 1 atom stereocenters. The van der Waals surface area contributed by atoms with Crippen molar-refractivity contribution in [3.63, 3.8) is 0 Å². The Morgan fingerprint density at radius 2 is 1.75 bits per heavy atom. The lowest BCUT2D eigenvalue weighted by molar-refractivity contribution is -0.144. The average Bonchev–Trinajstić information content (AvgIpc) is 2.56. The molecule has 0 aliphatic heterocycles. The minimum absolute atomic E-state index is 0.151. The van der Waals surface area contributed by atoms with Gasteiger partial charge in [-0.05, 0) is 55.3 Å². The highest BCUT2D eigenvalue weighted by Crippen LogP contribution is 2.14. The molecule has 0 aliphatic rings. The first-order valence-corrected chi connectivity index (χ1v) is 7.85. The van der Waals surface area contributed by atoms with Gasteiger partial charge in [0.05, 0.1) is 0 Å². The molecule has 0 aromatic heterocycles. The molecule has 0 radical (unpaired) electrons. The Kier molecular flexibility index (Phi) is 6.21. The van der Waals surface area contributed by atoms with E-state index in [-0.39, 0.29) is 5.91 Å². The number of hydrogen-bond donors (Lipinski definition) is 2. The van der Waals surface area contributed by atoms with Gasteiger partial charge in [0.15, 0.2) is 6.10 Å². The second kappa shape index (κ2) is 8.36. The van der Waals surface area contributed by atoms with Crippen molar-refractivity contribution in [2.45, 2.75) is 19.4 Å². The molecule has 0 saturated heterocycles. The largest absolute Gasteiger partial charge is 0.479 e. The smallest absolute Gasteiger partial charge is 0.344 e. The van der Waals surface area contributed by atoms with Gasteiger partial charge in [0.25, 0.3) is 5.91 Å². The third kappa shape index (κ3) is 5.28. The van der Waals surface area contributed by atoms with Crippen LogP contribution in [-0.2, 0) is 11.2 Å². The van der Waals surface area contributed by atoms with E-state index in [1.165, 1.54) is 6.92 Å². The summed E-state index contributed by atoms with van der Waals surface area (Å²) in [5.74, 6) is -0.662. The summed E-state index contributed by atoms with van der Waals surface area (Å²) in [6, 6.07) is 13.8. The van der Waals surface area contributed by atoms with Gasteiger partial charge in [-0.3, -0.25) is 4.79 Å². The summed E-state index contributed by atoms with van der Waals surface area (Å²) in [4.78, 5) is 22.7. The molecule has 2 aromatic rings. The zero-order valence-corrected chi connectivity index (χ0v) is 13.9. The van der Waals surface area contributed by atoms with E-state index in [9.17, 15) is 9.59 Å². The molecular formula is C18H18ClNO4. The first-order chi connectivity index (χ1) is 11.5. The fourth-order valence-electron chi connectivity index (χ4n) is 2.01. The molecule has 1 unspecified atom stereocenters. The second-order valence-corrected chi connectivity index (χ2v) is 5.69. The van der Waals surface area contributed by atoms with Gasteiger partial charge >= 0.3 is 5.97 Å². The minimum atomic E-state index is -1.01. The van der Waals surface area contributed by atoms with Crippen molar-refractivity contribution < 1.29 is 19.4 Å². The summed E-state index contributed by atoms with van der Waals surface area (Å²) in [6.45, 7) is 1.97. The minimum Gasteiger partial charge on any atom is -0.479 e. The number of ether oxygens (including phenoxy) is 1. The molecule has 1 amide bonds. The number of carboxylic acid groups (broad SMARTS) is 1. The quantitative estimate of drug-likeness (QED) is 0.806. The Morgan fingerprint density at radius 1 is 1.12 bits per heavy atom.